The number of hydrogen-bond acceptors (Lipinski definition) is 4. The Balaban J connectivity index is 2.32. The molecule has 0 aliphatic rings. The molecule has 0 saturated carbocycles. The van der Waals surface area contributed by atoms with Crippen LogP contribution in [0.2, 0.25) is 0 Å². The van der Waals surface area contributed by atoms with Gasteiger partial charge in [0.2, 0.25) is 0 Å². The lowest BCUT2D eigenvalue weighted by atomic mass is 10.1. The SMILES string of the molecule is Cc1c(-c2ccccc2)oc2ccc([N+](=O)[O-])cc2c1=O. The molecule has 1 aromatic heterocycles. The number of benzene rings is 2. The molecule has 3 rings (SSSR count). The molecule has 0 bridgehead atoms. The molecule has 0 saturated heterocycles. The second kappa shape index (κ2) is 4.86. The van der Waals surface area contributed by atoms with E-state index in [2.05, 4.69) is 0 Å². The van der Waals surface area contributed by atoms with E-state index in [9.17, 15) is 14.9 Å². The van der Waals surface area contributed by atoms with Gasteiger partial charge in [0, 0.05) is 23.3 Å². The topological polar surface area (TPSA) is 73.3 Å². The van der Waals surface area contributed by atoms with Crippen LogP contribution < -0.4 is 5.43 Å². The Morgan fingerprint density at radius 3 is 2.48 bits per heavy atom. The number of non-ortho nitro benzene ring substituents is 1. The second-order valence-electron chi connectivity index (χ2n) is 4.69. The van der Waals surface area contributed by atoms with E-state index in [1.54, 1.807) is 6.92 Å². The minimum atomic E-state index is -0.528. The third-order valence-electron chi connectivity index (χ3n) is 3.35. The van der Waals surface area contributed by atoms with Crippen LogP contribution in [0.1, 0.15) is 5.56 Å². The first-order chi connectivity index (χ1) is 10.1. The maximum absolute atomic E-state index is 12.4. The van der Waals surface area contributed by atoms with Crippen molar-refractivity contribution in [3.63, 3.8) is 0 Å². The minimum absolute atomic E-state index is 0.123. The van der Waals surface area contributed by atoms with Crippen molar-refractivity contribution in [1.82, 2.24) is 0 Å². The molecule has 0 aliphatic heterocycles. The molecule has 0 radical (unpaired) electrons. The third-order valence-corrected chi connectivity index (χ3v) is 3.35. The Morgan fingerprint density at radius 2 is 1.81 bits per heavy atom. The van der Waals surface area contributed by atoms with Crippen molar-refractivity contribution in [3.8, 4) is 11.3 Å². The van der Waals surface area contributed by atoms with Gasteiger partial charge in [0.05, 0.1) is 10.3 Å². The van der Waals surface area contributed by atoms with Crippen LogP contribution in [-0.2, 0) is 0 Å². The summed E-state index contributed by atoms with van der Waals surface area (Å²) in [4.78, 5) is 22.7. The average molecular weight is 281 g/mol. The van der Waals surface area contributed by atoms with Crippen LogP contribution in [0.5, 0.6) is 0 Å². The molecule has 0 atom stereocenters. The van der Waals surface area contributed by atoms with Crippen molar-refractivity contribution in [2.75, 3.05) is 0 Å². The third kappa shape index (κ3) is 2.18. The van der Waals surface area contributed by atoms with Crippen LogP contribution in [0.25, 0.3) is 22.3 Å². The van der Waals surface area contributed by atoms with Gasteiger partial charge in [0.15, 0.2) is 5.43 Å². The monoisotopic (exact) mass is 281 g/mol. The molecule has 0 spiro atoms. The van der Waals surface area contributed by atoms with Gasteiger partial charge in [0.1, 0.15) is 11.3 Å². The van der Waals surface area contributed by atoms with Crippen LogP contribution in [0.4, 0.5) is 5.69 Å². The highest BCUT2D eigenvalue weighted by molar-refractivity contribution is 5.82. The Morgan fingerprint density at radius 1 is 1.10 bits per heavy atom. The van der Waals surface area contributed by atoms with Gasteiger partial charge in [0.25, 0.3) is 5.69 Å². The summed E-state index contributed by atoms with van der Waals surface area (Å²) < 4.78 is 5.77. The van der Waals surface area contributed by atoms with E-state index in [0.29, 0.717) is 16.9 Å². The van der Waals surface area contributed by atoms with E-state index in [-0.39, 0.29) is 16.5 Å². The first-order valence-corrected chi connectivity index (χ1v) is 6.35. The average Bonchev–Trinajstić information content (AvgIpc) is 2.51. The molecule has 0 amide bonds. The fourth-order valence-corrected chi connectivity index (χ4v) is 2.25. The molecule has 0 N–H and O–H groups in total. The Kier molecular flexibility index (Phi) is 3.02. The van der Waals surface area contributed by atoms with E-state index in [1.807, 2.05) is 30.3 Å². The summed E-state index contributed by atoms with van der Waals surface area (Å²) in [6.07, 6.45) is 0. The predicted molar refractivity (Wildman–Crippen MR) is 79.3 cm³/mol. The predicted octanol–water partition coefficient (Wildman–Crippen LogP) is 3.68. The number of nitrogens with zero attached hydrogens (tertiary/aromatic N) is 1. The van der Waals surface area contributed by atoms with Gasteiger partial charge in [-0.05, 0) is 13.0 Å². The van der Waals surface area contributed by atoms with Crippen LogP contribution in [-0.4, -0.2) is 4.92 Å². The fraction of sp³-hybridized carbons (Fsp3) is 0.0625. The summed E-state index contributed by atoms with van der Waals surface area (Å²) in [7, 11) is 0. The number of nitro benzene ring substituents is 1. The normalized spacial score (nSPS) is 10.7. The largest absolute Gasteiger partial charge is 0.456 e. The van der Waals surface area contributed by atoms with E-state index in [4.69, 9.17) is 4.42 Å². The summed E-state index contributed by atoms with van der Waals surface area (Å²) in [6.45, 7) is 1.66. The maximum atomic E-state index is 12.4. The molecule has 21 heavy (non-hydrogen) atoms. The van der Waals surface area contributed by atoms with Gasteiger partial charge in [-0.1, -0.05) is 30.3 Å². The molecule has 5 nitrogen and oxygen atoms in total. The van der Waals surface area contributed by atoms with E-state index in [0.717, 1.165) is 5.56 Å². The molecule has 0 fully saturated rings. The zero-order valence-corrected chi connectivity index (χ0v) is 11.2. The smallest absolute Gasteiger partial charge is 0.270 e. The second-order valence-corrected chi connectivity index (χ2v) is 4.69. The Labute approximate surface area is 119 Å². The Hall–Kier alpha value is -2.95. The van der Waals surface area contributed by atoms with Crippen molar-refractivity contribution >= 4 is 16.7 Å². The zero-order chi connectivity index (χ0) is 15.0. The van der Waals surface area contributed by atoms with Crippen molar-refractivity contribution in [3.05, 3.63) is 74.4 Å². The number of hydrogen-bond donors (Lipinski definition) is 0. The van der Waals surface area contributed by atoms with Crippen molar-refractivity contribution in [2.45, 2.75) is 6.92 Å². The quantitative estimate of drug-likeness (QED) is 0.530. The van der Waals surface area contributed by atoms with Gasteiger partial charge >= 0.3 is 0 Å². The number of nitro groups is 1. The summed E-state index contributed by atoms with van der Waals surface area (Å²) in [5, 5.41) is 11.0. The lowest BCUT2D eigenvalue weighted by Gasteiger charge is -2.06. The summed E-state index contributed by atoms with van der Waals surface area (Å²) in [6, 6.07) is 13.3. The fourth-order valence-electron chi connectivity index (χ4n) is 2.25. The first kappa shape index (κ1) is 13.1. The standard InChI is InChI=1S/C16H11NO4/c1-10-15(18)13-9-12(17(19)20)7-8-14(13)21-16(10)11-5-3-2-4-6-11/h2-9H,1H3. The van der Waals surface area contributed by atoms with Crippen LogP contribution in [0.15, 0.2) is 57.7 Å². The summed E-state index contributed by atoms with van der Waals surface area (Å²) in [5.41, 5.74) is 1.21. The molecule has 0 aliphatic carbocycles. The van der Waals surface area contributed by atoms with Crippen LogP contribution in [0.3, 0.4) is 0 Å². The molecular formula is C16H11NO4. The highest BCUT2D eigenvalue weighted by atomic mass is 16.6. The molecule has 5 heteroatoms. The molecule has 0 unspecified atom stereocenters. The maximum Gasteiger partial charge on any atom is 0.270 e. The Bertz CT molecular complexity index is 897. The minimum Gasteiger partial charge on any atom is -0.456 e. The van der Waals surface area contributed by atoms with Gasteiger partial charge < -0.3 is 4.42 Å². The van der Waals surface area contributed by atoms with Crippen molar-refractivity contribution in [2.24, 2.45) is 0 Å². The van der Waals surface area contributed by atoms with Gasteiger partial charge in [-0.15, -0.1) is 0 Å². The van der Waals surface area contributed by atoms with E-state index < -0.39 is 4.92 Å². The van der Waals surface area contributed by atoms with Crippen LogP contribution >= 0.6 is 0 Å². The summed E-state index contributed by atoms with van der Waals surface area (Å²) >= 11 is 0. The lowest BCUT2D eigenvalue weighted by molar-refractivity contribution is -0.384. The summed E-state index contributed by atoms with van der Waals surface area (Å²) in [5.74, 6) is 0.488. The highest BCUT2D eigenvalue weighted by Crippen LogP contribution is 2.27. The van der Waals surface area contributed by atoms with Gasteiger partial charge in [-0.3, -0.25) is 14.9 Å². The molecule has 3 aromatic rings. The number of fused-ring (bicyclic) bond motifs is 1. The van der Waals surface area contributed by atoms with Crippen LogP contribution in [0, 0.1) is 17.0 Å². The van der Waals surface area contributed by atoms with E-state index in [1.165, 1.54) is 18.2 Å². The van der Waals surface area contributed by atoms with Gasteiger partial charge in [-0.2, -0.15) is 0 Å². The zero-order valence-electron chi connectivity index (χ0n) is 11.2. The number of rotatable bonds is 2. The highest BCUT2D eigenvalue weighted by Gasteiger charge is 2.15. The lowest BCUT2D eigenvalue weighted by Crippen LogP contribution is -2.07. The molecular weight excluding hydrogens is 270 g/mol. The molecule has 2 aromatic carbocycles. The van der Waals surface area contributed by atoms with E-state index >= 15 is 0 Å². The first-order valence-electron chi connectivity index (χ1n) is 6.35. The van der Waals surface area contributed by atoms with Crippen molar-refractivity contribution < 1.29 is 9.34 Å². The van der Waals surface area contributed by atoms with Gasteiger partial charge in [-0.25, -0.2) is 0 Å². The molecule has 104 valence electrons. The molecule has 1 heterocycles. The van der Waals surface area contributed by atoms with Crippen molar-refractivity contribution in [1.29, 1.82) is 0 Å².